The lowest BCUT2D eigenvalue weighted by molar-refractivity contribution is 0.0697. The van der Waals surface area contributed by atoms with E-state index in [1.165, 1.54) is 6.07 Å². The second kappa shape index (κ2) is 4.04. The molecule has 0 aromatic heterocycles. The quantitative estimate of drug-likeness (QED) is 0.753. The Morgan fingerprint density at radius 3 is 2.31 bits per heavy atom. The van der Waals surface area contributed by atoms with Crippen LogP contribution in [0, 0.1) is 0 Å². The van der Waals surface area contributed by atoms with Gasteiger partial charge in [-0.3, -0.25) is 0 Å². The van der Waals surface area contributed by atoms with Crippen LogP contribution in [0.25, 0.3) is 0 Å². The van der Waals surface area contributed by atoms with Crippen molar-refractivity contribution in [1.29, 1.82) is 0 Å². The average molecular weight is 222 g/mol. The zero-order valence-electron chi connectivity index (χ0n) is 10.1. The molecule has 4 nitrogen and oxygen atoms in total. The van der Waals surface area contributed by atoms with Crippen molar-refractivity contribution in [3.8, 4) is 0 Å². The molecule has 0 spiro atoms. The van der Waals surface area contributed by atoms with Crippen molar-refractivity contribution < 1.29 is 9.90 Å². The number of nitrogens with zero attached hydrogens (tertiary/aromatic N) is 1. The predicted molar refractivity (Wildman–Crippen MR) is 66.0 cm³/mol. The van der Waals surface area contributed by atoms with Crippen molar-refractivity contribution in [3.63, 3.8) is 0 Å². The minimum absolute atomic E-state index is 0.0567. The summed E-state index contributed by atoms with van der Waals surface area (Å²) in [5.41, 5.74) is 7.34. The lowest BCUT2D eigenvalue weighted by Crippen LogP contribution is -2.38. The minimum Gasteiger partial charge on any atom is -0.478 e. The Bertz CT molecular complexity index is 408. The summed E-state index contributed by atoms with van der Waals surface area (Å²) in [5, 5.41) is 8.83. The molecular formula is C12H18N2O2. The van der Waals surface area contributed by atoms with Crippen LogP contribution in [0.4, 0.5) is 11.4 Å². The summed E-state index contributed by atoms with van der Waals surface area (Å²) in [6, 6.07) is 4.79. The molecule has 0 amide bonds. The Kier molecular flexibility index (Phi) is 3.12. The maximum atomic E-state index is 10.8. The van der Waals surface area contributed by atoms with E-state index in [2.05, 4.69) is 20.8 Å². The molecule has 0 bridgehead atoms. The molecule has 4 heteroatoms. The van der Waals surface area contributed by atoms with Gasteiger partial charge in [0.05, 0.1) is 16.9 Å². The third kappa shape index (κ3) is 2.45. The summed E-state index contributed by atoms with van der Waals surface area (Å²) in [5.74, 6) is -0.961. The van der Waals surface area contributed by atoms with Crippen molar-refractivity contribution in [2.75, 3.05) is 17.7 Å². The van der Waals surface area contributed by atoms with E-state index in [1.807, 2.05) is 11.9 Å². The molecule has 0 saturated heterocycles. The van der Waals surface area contributed by atoms with Crippen LogP contribution in [0.3, 0.4) is 0 Å². The SMILES string of the molecule is CN(c1ccc(C(=O)O)cc1N)C(C)(C)C. The van der Waals surface area contributed by atoms with Gasteiger partial charge in [-0.05, 0) is 39.0 Å². The number of nitrogen functional groups attached to an aromatic ring is 1. The highest BCUT2D eigenvalue weighted by molar-refractivity contribution is 5.90. The summed E-state index contributed by atoms with van der Waals surface area (Å²) in [6.07, 6.45) is 0. The van der Waals surface area contributed by atoms with Gasteiger partial charge in [-0.25, -0.2) is 4.79 Å². The number of nitrogens with two attached hydrogens (primary N) is 1. The molecule has 3 N–H and O–H groups in total. The van der Waals surface area contributed by atoms with Crippen LogP contribution in [-0.2, 0) is 0 Å². The fourth-order valence-electron chi connectivity index (χ4n) is 1.35. The summed E-state index contributed by atoms with van der Waals surface area (Å²) < 4.78 is 0. The van der Waals surface area contributed by atoms with Crippen molar-refractivity contribution >= 4 is 17.3 Å². The Hall–Kier alpha value is -1.71. The molecule has 88 valence electrons. The van der Waals surface area contributed by atoms with Crippen LogP contribution in [0.1, 0.15) is 31.1 Å². The number of carbonyl (C=O) groups is 1. The molecule has 1 rings (SSSR count). The van der Waals surface area contributed by atoms with Crippen LogP contribution >= 0.6 is 0 Å². The van der Waals surface area contributed by atoms with Crippen molar-refractivity contribution in [3.05, 3.63) is 23.8 Å². The zero-order valence-corrected chi connectivity index (χ0v) is 10.1. The summed E-state index contributed by atoms with van der Waals surface area (Å²) in [7, 11) is 1.94. The highest BCUT2D eigenvalue weighted by Crippen LogP contribution is 2.28. The Morgan fingerprint density at radius 1 is 1.38 bits per heavy atom. The Labute approximate surface area is 95.7 Å². The van der Waals surface area contributed by atoms with Gasteiger partial charge in [0, 0.05) is 12.6 Å². The van der Waals surface area contributed by atoms with Crippen LogP contribution in [0.15, 0.2) is 18.2 Å². The molecule has 0 aliphatic heterocycles. The maximum absolute atomic E-state index is 10.8. The number of rotatable bonds is 2. The molecule has 1 aromatic carbocycles. The number of carboxylic acid groups (broad SMARTS) is 1. The number of hydrogen-bond acceptors (Lipinski definition) is 3. The van der Waals surface area contributed by atoms with E-state index in [-0.39, 0.29) is 11.1 Å². The topological polar surface area (TPSA) is 66.6 Å². The summed E-state index contributed by atoms with van der Waals surface area (Å²) in [4.78, 5) is 12.8. The lowest BCUT2D eigenvalue weighted by Gasteiger charge is -2.34. The molecule has 0 atom stereocenters. The third-order valence-corrected chi connectivity index (χ3v) is 2.64. The number of aromatic carboxylic acids is 1. The summed E-state index contributed by atoms with van der Waals surface area (Å²) in [6.45, 7) is 6.20. The van der Waals surface area contributed by atoms with Gasteiger partial charge in [-0.1, -0.05) is 0 Å². The van der Waals surface area contributed by atoms with Crippen LogP contribution in [0.2, 0.25) is 0 Å². The Balaban J connectivity index is 3.13. The highest BCUT2D eigenvalue weighted by atomic mass is 16.4. The highest BCUT2D eigenvalue weighted by Gasteiger charge is 2.19. The van der Waals surface area contributed by atoms with Gasteiger partial charge in [-0.15, -0.1) is 0 Å². The molecule has 0 aliphatic rings. The monoisotopic (exact) mass is 222 g/mol. The maximum Gasteiger partial charge on any atom is 0.335 e. The molecule has 0 aliphatic carbocycles. The normalized spacial score (nSPS) is 11.2. The van der Waals surface area contributed by atoms with Crippen LogP contribution in [0.5, 0.6) is 0 Å². The molecule has 0 heterocycles. The van der Waals surface area contributed by atoms with E-state index >= 15 is 0 Å². The van der Waals surface area contributed by atoms with Crippen LogP contribution < -0.4 is 10.6 Å². The van der Waals surface area contributed by atoms with E-state index in [0.29, 0.717) is 5.69 Å². The van der Waals surface area contributed by atoms with Gasteiger partial charge >= 0.3 is 5.97 Å². The Morgan fingerprint density at radius 2 is 1.94 bits per heavy atom. The van der Waals surface area contributed by atoms with Gasteiger partial charge < -0.3 is 15.7 Å². The fraction of sp³-hybridized carbons (Fsp3) is 0.417. The first-order chi connectivity index (χ1) is 7.23. The number of benzene rings is 1. The first kappa shape index (κ1) is 12.4. The molecule has 1 aromatic rings. The lowest BCUT2D eigenvalue weighted by atomic mass is 10.0. The van der Waals surface area contributed by atoms with Crippen LogP contribution in [-0.4, -0.2) is 23.7 Å². The van der Waals surface area contributed by atoms with Gasteiger partial charge in [-0.2, -0.15) is 0 Å². The van der Waals surface area contributed by atoms with Gasteiger partial charge in [0.15, 0.2) is 0 Å². The van der Waals surface area contributed by atoms with E-state index in [9.17, 15) is 4.79 Å². The first-order valence-electron chi connectivity index (χ1n) is 5.10. The van der Waals surface area contributed by atoms with Gasteiger partial charge in [0.2, 0.25) is 0 Å². The largest absolute Gasteiger partial charge is 0.478 e. The number of carboxylic acids is 1. The molecule has 16 heavy (non-hydrogen) atoms. The second-order valence-electron chi connectivity index (χ2n) is 4.81. The third-order valence-electron chi connectivity index (χ3n) is 2.64. The predicted octanol–water partition coefficient (Wildman–Crippen LogP) is 2.20. The average Bonchev–Trinajstić information content (AvgIpc) is 2.15. The number of anilines is 2. The molecule has 0 fully saturated rings. The molecule has 0 unspecified atom stereocenters. The van der Waals surface area contributed by atoms with Crippen molar-refractivity contribution in [2.45, 2.75) is 26.3 Å². The van der Waals surface area contributed by atoms with E-state index in [4.69, 9.17) is 10.8 Å². The van der Waals surface area contributed by atoms with Gasteiger partial charge in [0.25, 0.3) is 0 Å². The first-order valence-corrected chi connectivity index (χ1v) is 5.10. The molecule has 0 saturated carbocycles. The van der Waals surface area contributed by atoms with E-state index < -0.39 is 5.97 Å². The zero-order chi connectivity index (χ0) is 12.5. The van der Waals surface area contributed by atoms with E-state index in [1.54, 1.807) is 12.1 Å². The van der Waals surface area contributed by atoms with E-state index in [0.717, 1.165) is 5.69 Å². The smallest absolute Gasteiger partial charge is 0.335 e. The summed E-state index contributed by atoms with van der Waals surface area (Å²) >= 11 is 0. The fourth-order valence-corrected chi connectivity index (χ4v) is 1.35. The van der Waals surface area contributed by atoms with Crippen molar-refractivity contribution in [1.82, 2.24) is 0 Å². The molecular weight excluding hydrogens is 204 g/mol. The standard InChI is InChI=1S/C12H18N2O2/c1-12(2,3)14(4)10-6-5-8(11(15)16)7-9(10)13/h5-7H,13H2,1-4H3,(H,15,16). The number of hydrogen-bond donors (Lipinski definition) is 2. The van der Waals surface area contributed by atoms with Gasteiger partial charge in [0.1, 0.15) is 0 Å². The second-order valence-corrected chi connectivity index (χ2v) is 4.81. The minimum atomic E-state index is -0.961. The molecule has 0 radical (unpaired) electrons. The van der Waals surface area contributed by atoms with Crippen molar-refractivity contribution in [2.24, 2.45) is 0 Å².